The predicted octanol–water partition coefficient (Wildman–Crippen LogP) is 1.76. The average molecular weight is 224 g/mol. The van der Waals surface area contributed by atoms with E-state index in [9.17, 15) is 10.1 Å². The predicted molar refractivity (Wildman–Crippen MR) is 55.7 cm³/mol. The lowest BCUT2D eigenvalue weighted by molar-refractivity contribution is -0.389. The Morgan fingerprint density at radius 1 is 1.53 bits per heavy atom. The number of rotatable bonds is 2. The van der Waals surface area contributed by atoms with Gasteiger partial charge in [-0.1, -0.05) is 0 Å². The molecule has 7 heteroatoms. The number of hydrogen-bond acceptors (Lipinski definition) is 5. The summed E-state index contributed by atoms with van der Waals surface area (Å²) in [5.74, 6) is 0.365. The maximum Gasteiger partial charge on any atom is 0.382 e. The van der Waals surface area contributed by atoms with Gasteiger partial charge >= 0.3 is 5.82 Å². The van der Waals surface area contributed by atoms with Crippen molar-refractivity contribution in [1.82, 2.24) is 14.5 Å². The Kier molecular flexibility index (Phi) is 2.24. The largest absolute Gasteiger partial charge is 0.382 e. The number of hydrogen-bond donors (Lipinski definition) is 0. The van der Waals surface area contributed by atoms with E-state index in [0.717, 1.165) is 5.01 Å². The molecule has 2 rings (SSSR count). The van der Waals surface area contributed by atoms with Crippen LogP contribution in [0.2, 0.25) is 0 Å². The Bertz CT molecular complexity index is 516. The van der Waals surface area contributed by atoms with Gasteiger partial charge in [0.25, 0.3) is 5.82 Å². The number of thiazole rings is 1. The van der Waals surface area contributed by atoms with Crippen LogP contribution in [0.4, 0.5) is 5.82 Å². The lowest BCUT2D eigenvalue weighted by atomic mass is 10.4. The summed E-state index contributed by atoms with van der Waals surface area (Å²) in [6.07, 6.45) is 1.38. The molecule has 2 aromatic heterocycles. The fourth-order valence-corrected chi connectivity index (χ4v) is 1.83. The van der Waals surface area contributed by atoms with Crippen molar-refractivity contribution >= 4 is 17.2 Å². The molecule has 0 spiro atoms. The van der Waals surface area contributed by atoms with E-state index in [1.165, 1.54) is 17.5 Å². The van der Waals surface area contributed by atoms with Gasteiger partial charge in [0.1, 0.15) is 11.9 Å². The first-order valence-corrected chi connectivity index (χ1v) is 5.06. The van der Waals surface area contributed by atoms with Crippen molar-refractivity contribution in [3.05, 3.63) is 26.7 Å². The van der Waals surface area contributed by atoms with E-state index in [2.05, 4.69) is 9.97 Å². The van der Waals surface area contributed by atoms with E-state index < -0.39 is 4.92 Å². The van der Waals surface area contributed by atoms with Crippen LogP contribution < -0.4 is 0 Å². The molecule has 15 heavy (non-hydrogen) atoms. The van der Waals surface area contributed by atoms with Crippen LogP contribution in [-0.2, 0) is 7.05 Å². The summed E-state index contributed by atoms with van der Waals surface area (Å²) in [5, 5.41) is 13.3. The molecule has 0 amide bonds. The Labute approximate surface area is 89.4 Å². The summed E-state index contributed by atoms with van der Waals surface area (Å²) in [6, 6.07) is 0. The molecule has 0 saturated heterocycles. The van der Waals surface area contributed by atoms with Gasteiger partial charge in [0.05, 0.1) is 5.01 Å². The lowest BCUT2D eigenvalue weighted by Gasteiger charge is -1.89. The van der Waals surface area contributed by atoms with E-state index in [0.29, 0.717) is 11.5 Å². The van der Waals surface area contributed by atoms with Crippen LogP contribution in [0.15, 0.2) is 11.6 Å². The number of aryl methyl sites for hydroxylation is 2. The van der Waals surface area contributed by atoms with Crippen LogP contribution in [0.5, 0.6) is 0 Å². The van der Waals surface area contributed by atoms with Crippen LogP contribution in [0.1, 0.15) is 5.01 Å². The SMILES string of the molecule is Cc1nc(-c2nc([N+](=O)[O-])cn2C)cs1. The number of aromatic nitrogens is 3. The molecule has 0 aliphatic rings. The third-order valence-electron chi connectivity index (χ3n) is 1.90. The third-order valence-corrected chi connectivity index (χ3v) is 2.67. The quantitative estimate of drug-likeness (QED) is 0.575. The molecule has 0 bridgehead atoms. The van der Waals surface area contributed by atoms with E-state index in [-0.39, 0.29) is 5.82 Å². The summed E-state index contributed by atoms with van der Waals surface area (Å²) in [6.45, 7) is 1.88. The minimum Gasteiger partial charge on any atom is -0.358 e. The maximum absolute atomic E-state index is 10.5. The van der Waals surface area contributed by atoms with Crippen LogP contribution in [0.3, 0.4) is 0 Å². The summed E-state index contributed by atoms with van der Waals surface area (Å²) in [5.41, 5.74) is 0.674. The smallest absolute Gasteiger partial charge is 0.358 e. The monoisotopic (exact) mass is 224 g/mol. The second-order valence-corrected chi connectivity index (χ2v) is 4.10. The minimum absolute atomic E-state index is 0.154. The van der Waals surface area contributed by atoms with Crippen molar-refractivity contribution in [2.75, 3.05) is 0 Å². The zero-order chi connectivity index (χ0) is 11.0. The van der Waals surface area contributed by atoms with E-state index in [4.69, 9.17) is 0 Å². The van der Waals surface area contributed by atoms with Gasteiger partial charge in [-0.3, -0.25) is 0 Å². The highest BCUT2D eigenvalue weighted by atomic mass is 32.1. The molecule has 2 aromatic rings. The zero-order valence-corrected chi connectivity index (χ0v) is 8.98. The van der Waals surface area contributed by atoms with Gasteiger partial charge in [-0.25, -0.2) is 4.98 Å². The maximum atomic E-state index is 10.5. The molecular formula is C8H8N4O2S. The van der Waals surface area contributed by atoms with Crippen molar-refractivity contribution in [3.8, 4) is 11.5 Å². The average Bonchev–Trinajstić information content (AvgIpc) is 2.71. The molecule has 0 atom stereocenters. The fourth-order valence-electron chi connectivity index (χ4n) is 1.24. The first-order chi connectivity index (χ1) is 7.08. The standard InChI is InChI=1S/C8H8N4O2S/c1-5-9-6(4-15-5)8-10-7(12(13)14)3-11(8)2/h3-4H,1-2H3. The normalized spacial score (nSPS) is 10.5. The Morgan fingerprint density at radius 3 is 2.73 bits per heavy atom. The highest BCUT2D eigenvalue weighted by Crippen LogP contribution is 2.22. The minimum atomic E-state index is -0.511. The van der Waals surface area contributed by atoms with Crippen molar-refractivity contribution in [2.24, 2.45) is 7.05 Å². The summed E-state index contributed by atoms with van der Waals surface area (Å²) in [7, 11) is 1.71. The molecule has 2 heterocycles. The van der Waals surface area contributed by atoms with Gasteiger partial charge in [-0.15, -0.1) is 11.3 Å². The highest BCUT2D eigenvalue weighted by Gasteiger charge is 2.19. The van der Waals surface area contributed by atoms with Gasteiger partial charge in [0.2, 0.25) is 0 Å². The summed E-state index contributed by atoms with van der Waals surface area (Å²) < 4.78 is 1.60. The van der Waals surface area contributed by atoms with Gasteiger partial charge in [0.15, 0.2) is 0 Å². The molecule has 0 saturated carbocycles. The molecular weight excluding hydrogens is 216 g/mol. The van der Waals surface area contributed by atoms with Crippen LogP contribution in [0.25, 0.3) is 11.5 Å². The third kappa shape index (κ3) is 1.73. The number of nitro groups is 1. The molecule has 78 valence electrons. The molecule has 0 aliphatic heterocycles. The molecule has 0 aromatic carbocycles. The Balaban J connectivity index is 2.49. The van der Waals surface area contributed by atoms with E-state index in [1.807, 2.05) is 12.3 Å². The summed E-state index contributed by atoms with van der Waals surface area (Å²) >= 11 is 1.49. The second kappa shape index (κ2) is 3.43. The first-order valence-electron chi connectivity index (χ1n) is 4.18. The van der Waals surface area contributed by atoms with Crippen molar-refractivity contribution in [1.29, 1.82) is 0 Å². The molecule has 0 N–H and O–H groups in total. The van der Waals surface area contributed by atoms with Crippen LogP contribution in [-0.4, -0.2) is 19.5 Å². The molecule has 6 nitrogen and oxygen atoms in total. The fraction of sp³-hybridized carbons (Fsp3) is 0.250. The van der Waals surface area contributed by atoms with Crippen molar-refractivity contribution < 1.29 is 4.92 Å². The number of imidazole rings is 1. The first kappa shape index (κ1) is 9.78. The van der Waals surface area contributed by atoms with Crippen LogP contribution in [0, 0.1) is 17.0 Å². The second-order valence-electron chi connectivity index (χ2n) is 3.04. The molecule has 0 radical (unpaired) electrons. The van der Waals surface area contributed by atoms with Gasteiger partial charge < -0.3 is 14.7 Å². The number of nitrogens with zero attached hydrogens (tertiary/aromatic N) is 4. The highest BCUT2D eigenvalue weighted by molar-refractivity contribution is 7.09. The van der Waals surface area contributed by atoms with Crippen molar-refractivity contribution in [3.63, 3.8) is 0 Å². The molecule has 0 fully saturated rings. The molecule has 0 unspecified atom stereocenters. The van der Waals surface area contributed by atoms with Crippen LogP contribution >= 0.6 is 11.3 Å². The van der Waals surface area contributed by atoms with E-state index >= 15 is 0 Å². The van der Waals surface area contributed by atoms with E-state index in [1.54, 1.807) is 11.6 Å². The van der Waals surface area contributed by atoms with Gasteiger partial charge in [-0.2, -0.15) is 0 Å². The topological polar surface area (TPSA) is 73.8 Å². The van der Waals surface area contributed by atoms with Crippen molar-refractivity contribution in [2.45, 2.75) is 6.92 Å². The Morgan fingerprint density at radius 2 is 2.27 bits per heavy atom. The molecule has 0 aliphatic carbocycles. The van der Waals surface area contributed by atoms with Gasteiger partial charge in [-0.05, 0) is 16.8 Å². The Hall–Kier alpha value is -1.76. The lowest BCUT2D eigenvalue weighted by Crippen LogP contribution is -1.91. The van der Waals surface area contributed by atoms with Gasteiger partial charge in [0, 0.05) is 12.4 Å². The zero-order valence-electron chi connectivity index (χ0n) is 8.17. The summed E-state index contributed by atoms with van der Waals surface area (Å²) in [4.78, 5) is 18.1.